The molecule has 0 spiro atoms. The normalized spacial score (nSPS) is 12.8. The SMILES string of the molecule is PC(c1ccccc1-c1ccccc1C(P)C(c1ccccc1)c1ccccc1)C(c1ccccc1)c1ccccc1. The van der Waals surface area contributed by atoms with Gasteiger partial charge in [-0.1, -0.05) is 170 Å². The quantitative estimate of drug-likeness (QED) is 0.150. The van der Waals surface area contributed by atoms with Gasteiger partial charge in [0.05, 0.1) is 0 Å². The van der Waals surface area contributed by atoms with Crippen molar-refractivity contribution in [2.45, 2.75) is 23.2 Å². The van der Waals surface area contributed by atoms with E-state index >= 15 is 0 Å². The molecule has 0 saturated carbocycles. The summed E-state index contributed by atoms with van der Waals surface area (Å²) < 4.78 is 0. The fourth-order valence-corrected chi connectivity index (χ4v) is 7.75. The van der Waals surface area contributed by atoms with Gasteiger partial charge in [0.25, 0.3) is 0 Å². The second kappa shape index (κ2) is 13.4. The van der Waals surface area contributed by atoms with Gasteiger partial charge in [-0.2, -0.15) is 0 Å². The third-order valence-electron chi connectivity index (χ3n) is 8.28. The lowest BCUT2D eigenvalue weighted by Crippen LogP contribution is -2.11. The van der Waals surface area contributed by atoms with Crippen molar-refractivity contribution >= 4 is 18.5 Å². The van der Waals surface area contributed by atoms with Crippen LogP contribution >= 0.6 is 18.5 Å². The molecule has 6 rings (SSSR count). The van der Waals surface area contributed by atoms with E-state index in [0.29, 0.717) is 0 Å². The molecule has 0 bridgehead atoms. The third-order valence-corrected chi connectivity index (χ3v) is 9.77. The molecule has 0 aromatic heterocycles. The smallest absolute Gasteiger partial charge is 0.0193 e. The van der Waals surface area contributed by atoms with E-state index in [4.69, 9.17) is 0 Å². The van der Waals surface area contributed by atoms with Crippen LogP contribution in [-0.4, -0.2) is 0 Å². The van der Waals surface area contributed by atoms with Gasteiger partial charge in [0, 0.05) is 23.2 Å². The van der Waals surface area contributed by atoms with E-state index in [0.717, 1.165) is 0 Å². The van der Waals surface area contributed by atoms with Crippen molar-refractivity contribution in [3.8, 4) is 11.1 Å². The van der Waals surface area contributed by atoms with Gasteiger partial charge in [-0.05, 0) is 44.5 Å². The van der Waals surface area contributed by atoms with Gasteiger partial charge in [0.1, 0.15) is 0 Å². The standard InChI is InChI=1S/C40H36P2/c41-39(37(29-17-5-1-6-18-29)30-19-7-2-8-20-30)35-27-15-13-25-33(35)34-26-14-16-28-36(34)40(42)38(31-21-9-3-10-22-31)32-23-11-4-12-24-32/h1-28,37-40H,41-42H2. The second-order valence-electron chi connectivity index (χ2n) is 10.8. The average molecular weight is 579 g/mol. The Hall–Kier alpha value is -3.82. The summed E-state index contributed by atoms with van der Waals surface area (Å²) in [5.74, 6) is 0.415. The van der Waals surface area contributed by atoms with Crippen LogP contribution in [0.3, 0.4) is 0 Å². The highest BCUT2D eigenvalue weighted by molar-refractivity contribution is 7.17. The molecular weight excluding hydrogens is 542 g/mol. The Bertz CT molecular complexity index is 1490. The highest BCUT2D eigenvalue weighted by Gasteiger charge is 2.28. The summed E-state index contributed by atoms with van der Waals surface area (Å²) in [6.45, 7) is 0. The fraction of sp³-hybridized carbons (Fsp3) is 0.100. The van der Waals surface area contributed by atoms with Crippen LogP contribution in [0.25, 0.3) is 11.1 Å². The van der Waals surface area contributed by atoms with Gasteiger partial charge >= 0.3 is 0 Å². The molecule has 42 heavy (non-hydrogen) atoms. The Labute approximate surface area is 255 Å². The third kappa shape index (κ3) is 6.03. The van der Waals surface area contributed by atoms with E-state index in [9.17, 15) is 0 Å². The van der Waals surface area contributed by atoms with Crippen LogP contribution in [0.2, 0.25) is 0 Å². The van der Waals surface area contributed by atoms with Crippen LogP contribution < -0.4 is 0 Å². The molecule has 0 saturated heterocycles. The molecule has 0 aliphatic rings. The van der Waals surface area contributed by atoms with Crippen molar-refractivity contribution in [3.05, 3.63) is 203 Å². The molecule has 4 unspecified atom stereocenters. The summed E-state index contributed by atoms with van der Waals surface area (Å²) in [6.07, 6.45) is 0. The lowest BCUT2D eigenvalue weighted by Gasteiger charge is -2.30. The van der Waals surface area contributed by atoms with Crippen LogP contribution in [0.1, 0.15) is 56.5 Å². The minimum absolute atomic E-state index is 0.182. The maximum atomic E-state index is 3.21. The summed E-state index contributed by atoms with van der Waals surface area (Å²) >= 11 is 0. The highest BCUT2D eigenvalue weighted by atomic mass is 31.0. The first-order valence-corrected chi connectivity index (χ1v) is 15.9. The Morgan fingerprint density at radius 2 is 0.524 bits per heavy atom. The van der Waals surface area contributed by atoms with Gasteiger partial charge in [0.15, 0.2) is 0 Å². The minimum atomic E-state index is 0.182. The van der Waals surface area contributed by atoms with Gasteiger partial charge in [0.2, 0.25) is 0 Å². The molecule has 0 aliphatic carbocycles. The molecule has 0 radical (unpaired) electrons. The molecule has 4 atom stereocenters. The summed E-state index contributed by atoms with van der Waals surface area (Å²) in [6, 6.07) is 61.6. The summed E-state index contributed by atoms with van der Waals surface area (Å²) in [4.78, 5) is 0. The first kappa shape index (κ1) is 28.3. The zero-order valence-electron chi connectivity index (χ0n) is 23.6. The molecule has 6 aromatic carbocycles. The van der Waals surface area contributed by atoms with E-state index in [2.05, 4.69) is 188 Å². The van der Waals surface area contributed by atoms with Crippen molar-refractivity contribution < 1.29 is 0 Å². The molecule has 0 aliphatic heterocycles. The van der Waals surface area contributed by atoms with Crippen LogP contribution in [0.5, 0.6) is 0 Å². The van der Waals surface area contributed by atoms with Gasteiger partial charge in [-0.25, -0.2) is 0 Å². The zero-order chi connectivity index (χ0) is 28.7. The topological polar surface area (TPSA) is 0 Å². The molecule has 0 heterocycles. The van der Waals surface area contributed by atoms with Gasteiger partial charge in [-0.3, -0.25) is 0 Å². The zero-order valence-corrected chi connectivity index (χ0v) is 25.9. The maximum Gasteiger partial charge on any atom is 0.0193 e. The molecule has 6 aromatic rings. The maximum absolute atomic E-state index is 3.21. The largest absolute Gasteiger partial charge is 0.129 e. The molecule has 0 N–H and O–H groups in total. The Morgan fingerprint density at radius 3 is 0.810 bits per heavy atom. The van der Waals surface area contributed by atoms with E-state index < -0.39 is 0 Å². The van der Waals surface area contributed by atoms with Gasteiger partial charge < -0.3 is 0 Å². The van der Waals surface area contributed by atoms with E-state index in [1.807, 2.05) is 0 Å². The predicted molar refractivity (Wildman–Crippen MR) is 186 cm³/mol. The Balaban J connectivity index is 1.47. The molecule has 0 nitrogen and oxygen atoms in total. The Kier molecular flexibility index (Phi) is 9.06. The monoisotopic (exact) mass is 578 g/mol. The van der Waals surface area contributed by atoms with Crippen LogP contribution in [0.15, 0.2) is 170 Å². The molecule has 0 amide bonds. The molecule has 2 heteroatoms. The van der Waals surface area contributed by atoms with E-state index in [-0.39, 0.29) is 23.2 Å². The van der Waals surface area contributed by atoms with Gasteiger partial charge in [-0.15, -0.1) is 18.5 Å². The second-order valence-corrected chi connectivity index (χ2v) is 12.3. The number of hydrogen-bond donors (Lipinski definition) is 0. The summed E-state index contributed by atoms with van der Waals surface area (Å²) in [7, 11) is 6.42. The minimum Gasteiger partial charge on any atom is -0.129 e. The highest BCUT2D eigenvalue weighted by Crippen LogP contribution is 2.49. The Morgan fingerprint density at radius 1 is 0.286 bits per heavy atom. The molecule has 0 fully saturated rings. The van der Waals surface area contributed by atoms with E-state index in [1.165, 1.54) is 44.5 Å². The van der Waals surface area contributed by atoms with Crippen molar-refractivity contribution in [1.82, 2.24) is 0 Å². The summed E-state index contributed by atoms with van der Waals surface area (Å²) in [5.41, 5.74) is 10.9. The van der Waals surface area contributed by atoms with Crippen molar-refractivity contribution in [2.24, 2.45) is 0 Å². The van der Waals surface area contributed by atoms with Crippen molar-refractivity contribution in [3.63, 3.8) is 0 Å². The van der Waals surface area contributed by atoms with Crippen molar-refractivity contribution in [2.75, 3.05) is 0 Å². The first-order chi connectivity index (χ1) is 20.7. The van der Waals surface area contributed by atoms with Crippen LogP contribution in [0, 0.1) is 0 Å². The first-order valence-electron chi connectivity index (χ1n) is 14.6. The number of benzene rings is 6. The fourth-order valence-electron chi connectivity index (χ4n) is 6.28. The lowest BCUT2D eigenvalue weighted by atomic mass is 9.80. The molecule has 206 valence electrons. The number of hydrogen-bond acceptors (Lipinski definition) is 0. The van der Waals surface area contributed by atoms with Crippen molar-refractivity contribution in [1.29, 1.82) is 0 Å². The summed E-state index contributed by atoms with van der Waals surface area (Å²) in [5, 5.41) is 0. The predicted octanol–water partition coefficient (Wildman–Crippen LogP) is 10.9. The molecular formula is C40H36P2. The van der Waals surface area contributed by atoms with E-state index in [1.54, 1.807) is 0 Å². The van der Waals surface area contributed by atoms with Crippen LogP contribution in [0.4, 0.5) is 0 Å². The lowest BCUT2D eigenvalue weighted by molar-refractivity contribution is 0.781. The van der Waals surface area contributed by atoms with Crippen LogP contribution in [-0.2, 0) is 0 Å². The average Bonchev–Trinajstić information content (AvgIpc) is 3.07. The number of rotatable bonds is 9.